The zero-order chi connectivity index (χ0) is 18.2. The maximum absolute atomic E-state index is 4.77. The first kappa shape index (κ1) is 18.5. The maximum atomic E-state index is 4.77. The van der Waals surface area contributed by atoms with Crippen molar-refractivity contribution in [1.82, 2.24) is 10.6 Å². The Kier molecular flexibility index (Phi) is 6.72. The lowest BCUT2D eigenvalue weighted by atomic mass is 10.1. The summed E-state index contributed by atoms with van der Waals surface area (Å²) < 4.78 is 0. The van der Waals surface area contributed by atoms with Crippen LogP contribution in [0.3, 0.4) is 0 Å². The van der Waals surface area contributed by atoms with E-state index in [1.807, 2.05) is 0 Å². The summed E-state index contributed by atoms with van der Waals surface area (Å²) >= 11 is 1.75. The molecule has 0 bridgehead atoms. The molecule has 0 amide bonds. The first-order valence-corrected chi connectivity index (χ1v) is 10.2. The van der Waals surface area contributed by atoms with E-state index >= 15 is 0 Å². The summed E-state index contributed by atoms with van der Waals surface area (Å²) in [6.07, 6.45) is 4.43. The molecule has 0 saturated carbocycles. The molecule has 1 aliphatic heterocycles. The van der Waals surface area contributed by atoms with Crippen LogP contribution < -0.4 is 15.5 Å². The van der Waals surface area contributed by atoms with Gasteiger partial charge in [-0.15, -0.1) is 0 Å². The summed E-state index contributed by atoms with van der Waals surface area (Å²) in [6.45, 7) is 8.75. The van der Waals surface area contributed by atoms with E-state index in [4.69, 9.17) is 4.99 Å². The van der Waals surface area contributed by atoms with Gasteiger partial charge in [0.2, 0.25) is 0 Å². The monoisotopic (exact) mass is 368 g/mol. The van der Waals surface area contributed by atoms with Crippen molar-refractivity contribution in [2.45, 2.75) is 26.3 Å². The number of rotatable bonds is 7. The molecule has 4 nitrogen and oxygen atoms in total. The van der Waals surface area contributed by atoms with Gasteiger partial charge in [-0.2, -0.15) is 11.3 Å². The number of nitrogens with zero attached hydrogens (tertiary/aromatic N) is 2. The minimum absolute atomic E-state index is 0.469. The van der Waals surface area contributed by atoms with Gasteiger partial charge in [-0.3, -0.25) is 0 Å². The number of hydrogen-bond donors (Lipinski definition) is 2. The van der Waals surface area contributed by atoms with E-state index in [0.717, 1.165) is 32.1 Å². The molecule has 0 radical (unpaired) electrons. The summed E-state index contributed by atoms with van der Waals surface area (Å²) in [5.41, 5.74) is 3.88. The van der Waals surface area contributed by atoms with Crippen LogP contribution in [0.4, 0.5) is 5.69 Å². The Labute approximate surface area is 160 Å². The molecule has 0 fully saturated rings. The lowest BCUT2D eigenvalue weighted by Gasteiger charge is -2.18. The Morgan fingerprint density at radius 2 is 2.08 bits per heavy atom. The van der Waals surface area contributed by atoms with Crippen LogP contribution in [0.1, 0.15) is 30.9 Å². The van der Waals surface area contributed by atoms with Gasteiger partial charge in [-0.05, 0) is 52.9 Å². The van der Waals surface area contributed by atoms with Gasteiger partial charge in [0.05, 0.1) is 6.54 Å². The van der Waals surface area contributed by atoms with Crippen molar-refractivity contribution in [3.63, 3.8) is 0 Å². The van der Waals surface area contributed by atoms with Gasteiger partial charge in [-0.25, -0.2) is 4.99 Å². The first-order valence-electron chi connectivity index (χ1n) is 9.29. The highest BCUT2D eigenvalue weighted by Crippen LogP contribution is 2.19. The molecule has 138 valence electrons. The van der Waals surface area contributed by atoms with Crippen LogP contribution in [0.25, 0.3) is 0 Å². The normalized spacial score (nSPS) is 15.3. The summed E-state index contributed by atoms with van der Waals surface area (Å²) in [4.78, 5) is 7.13. The minimum atomic E-state index is 0.469. The molecule has 0 spiro atoms. The van der Waals surface area contributed by atoms with E-state index < -0.39 is 0 Å². The smallest absolute Gasteiger partial charge is 0.191 e. The van der Waals surface area contributed by atoms with Crippen LogP contribution in [0.2, 0.25) is 0 Å². The largest absolute Gasteiger partial charge is 0.364 e. The second kappa shape index (κ2) is 9.43. The average molecular weight is 369 g/mol. The highest BCUT2D eigenvalue weighted by Gasteiger charge is 2.09. The summed E-state index contributed by atoms with van der Waals surface area (Å²) in [6, 6.07) is 10.9. The van der Waals surface area contributed by atoms with Gasteiger partial charge in [0.25, 0.3) is 0 Å². The molecule has 3 rings (SSSR count). The van der Waals surface area contributed by atoms with Gasteiger partial charge in [-0.1, -0.05) is 31.2 Å². The van der Waals surface area contributed by atoms with Crippen LogP contribution in [0.5, 0.6) is 0 Å². The predicted octanol–water partition coefficient (Wildman–Crippen LogP) is 3.98. The Hall–Kier alpha value is -2.27. The van der Waals surface area contributed by atoms with Gasteiger partial charge in [0.15, 0.2) is 5.96 Å². The summed E-state index contributed by atoms with van der Waals surface area (Å²) in [5, 5.41) is 11.2. The third-order valence-corrected chi connectivity index (χ3v) is 5.25. The van der Waals surface area contributed by atoms with Gasteiger partial charge < -0.3 is 15.5 Å². The molecule has 1 aromatic carbocycles. The van der Waals surface area contributed by atoms with E-state index in [-0.39, 0.29) is 0 Å². The molecule has 1 aromatic heterocycles. The molecule has 2 aromatic rings. The molecular weight excluding hydrogens is 340 g/mol. The molecule has 5 heteroatoms. The second-order valence-corrected chi connectivity index (χ2v) is 7.36. The highest BCUT2D eigenvalue weighted by atomic mass is 32.1. The van der Waals surface area contributed by atoms with Crippen LogP contribution in [0, 0.1) is 0 Å². The van der Waals surface area contributed by atoms with Crippen LogP contribution in [-0.4, -0.2) is 32.1 Å². The highest BCUT2D eigenvalue weighted by molar-refractivity contribution is 7.07. The third-order valence-electron chi connectivity index (χ3n) is 4.55. The molecular formula is C21H28N4S. The number of thiophene rings is 1. The lowest BCUT2D eigenvalue weighted by Crippen LogP contribution is -2.39. The standard InChI is InChI=1S/C21H28N4S/c1-3-22-21(23-14-17(2)19-9-12-26-16-19)24-15-18-7-6-8-20(13-18)25-10-4-5-11-25/h4-9,12-13,16-17H,3,10-11,14-15H2,1-2H3,(H2,22,23,24). The number of hydrogen-bond acceptors (Lipinski definition) is 3. The number of anilines is 1. The molecule has 2 heterocycles. The van der Waals surface area contributed by atoms with Gasteiger partial charge >= 0.3 is 0 Å². The van der Waals surface area contributed by atoms with Crippen LogP contribution in [0.15, 0.2) is 58.2 Å². The van der Waals surface area contributed by atoms with E-state index in [9.17, 15) is 0 Å². The number of benzene rings is 1. The lowest BCUT2D eigenvalue weighted by molar-refractivity contribution is 0.701. The maximum Gasteiger partial charge on any atom is 0.191 e. The minimum Gasteiger partial charge on any atom is -0.364 e. The van der Waals surface area contributed by atoms with Crippen molar-refractivity contribution in [2.24, 2.45) is 4.99 Å². The SMILES string of the molecule is CCNC(=NCc1cccc(N2CC=CC2)c1)NCC(C)c1ccsc1. The Bertz CT molecular complexity index is 728. The van der Waals surface area contributed by atoms with Gasteiger partial charge in [0, 0.05) is 31.9 Å². The zero-order valence-corrected chi connectivity index (χ0v) is 16.4. The van der Waals surface area contributed by atoms with E-state index in [2.05, 4.69) is 82.6 Å². The van der Waals surface area contributed by atoms with Crippen molar-refractivity contribution in [1.29, 1.82) is 0 Å². The van der Waals surface area contributed by atoms with E-state index in [1.54, 1.807) is 11.3 Å². The Morgan fingerprint density at radius 1 is 1.23 bits per heavy atom. The van der Waals surface area contributed by atoms with Crippen LogP contribution in [-0.2, 0) is 6.54 Å². The third kappa shape index (κ3) is 5.11. The number of guanidine groups is 1. The molecule has 2 N–H and O–H groups in total. The van der Waals surface area contributed by atoms with E-state index in [1.165, 1.54) is 16.8 Å². The summed E-state index contributed by atoms with van der Waals surface area (Å²) in [5.74, 6) is 1.35. The second-order valence-electron chi connectivity index (χ2n) is 6.58. The fourth-order valence-electron chi connectivity index (χ4n) is 2.98. The fraction of sp³-hybridized carbons (Fsp3) is 0.381. The summed E-state index contributed by atoms with van der Waals surface area (Å²) in [7, 11) is 0. The van der Waals surface area contributed by atoms with Crippen LogP contribution >= 0.6 is 11.3 Å². The Balaban J connectivity index is 1.59. The quantitative estimate of drug-likeness (QED) is 0.441. The average Bonchev–Trinajstić information content (AvgIpc) is 3.38. The topological polar surface area (TPSA) is 39.7 Å². The van der Waals surface area contributed by atoms with E-state index in [0.29, 0.717) is 12.5 Å². The van der Waals surface area contributed by atoms with Crippen molar-refractivity contribution in [3.05, 3.63) is 64.4 Å². The number of nitrogens with one attached hydrogen (secondary N) is 2. The predicted molar refractivity (Wildman–Crippen MR) is 113 cm³/mol. The first-order chi connectivity index (χ1) is 12.8. The molecule has 1 aliphatic rings. The Morgan fingerprint density at radius 3 is 2.81 bits per heavy atom. The molecule has 0 aliphatic carbocycles. The zero-order valence-electron chi connectivity index (χ0n) is 15.6. The molecule has 26 heavy (non-hydrogen) atoms. The molecule has 1 unspecified atom stereocenters. The molecule has 0 saturated heterocycles. The van der Waals surface area contributed by atoms with Crippen molar-refractivity contribution >= 4 is 23.0 Å². The fourth-order valence-corrected chi connectivity index (χ4v) is 3.76. The van der Waals surface area contributed by atoms with Crippen molar-refractivity contribution < 1.29 is 0 Å². The van der Waals surface area contributed by atoms with Crippen molar-refractivity contribution in [2.75, 3.05) is 31.1 Å². The number of aliphatic imine (C=N–C) groups is 1. The van der Waals surface area contributed by atoms with Gasteiger partial charge in [0.1, 0.15) is 0 Å². The molecule has 1 atom stereocenters. The van der Waals surface area contributed by atoms with Crippen molar-refractivity contribution in [3.8, 4) is 0 Å².